The second-order valence-electron chi connectivity index (χ2n) is 7.14. The molecule has 26 heavy (non-hydrogen) atoms. The van der Waals surface area contributed by atoms with Crippen LogP contribution in [0.5, 0.6) is 0 Å². The van der Waals surface area contributed by atoms with E-state index in [2.05, 4.69) is 15.0 Å². The third-order valence-electron chi connectivity index (χ3n) is 5.13. The lowest BCUT2D eigenvalue weighted by Gasteiger charge is -2.53. The molecule has 1 spiro atoms. The van der Waals surface area contributed by atoms with E-state index in [9.17, 15) is 4.39 Å². The van der Waals surface area contributed by atoms with E-state index in [1.807, 2.05) is 17.0 Å². The van der Waals surface area contributed by atoms with Gasteiger partial charge in [0.1, 0.15) is 5.60 Å². The number of aromatic nitrogens is 3. The summed E-state index contributed by atoms with van der Waals surface area (Å²) in [5.74, 6) is 0.769. The van der Waals surface area contributed by atoms with Crippen LogP contribution in [0.4, 0.5) is 10.3 Å². The van der Waals surface area contributed by atoms with E-state index in [4.69, 9.17) is 9.47 Å². The Morgan fingerprint density at radius 3 is 2.77 bits per heavy atom. The van der Waals surface area contributed by atoms with Crippen LogP contribution in [-0.2, 0) is 16.1 Å². The van der Waals surface area contributed by atoms with Crippen LogP contribution < -0.4 is 4.90 Å². The number of pyridine rings is 1. The molecule has 0 N–H and O–H groups in total. The molecule has 0 unspecified atom stereocenters. The first kappa shape index (κ1) is 17.3. The zero-order chi connectivity index (χ0) is 17.8. The largest absolute Gasteiger partial charge is 0.377 e. The van der Waals surface area contributed by atoms with E-state index in [0.717, 1.165) is 51.1 Å². The summed E-state index contributed by atoms with van der Waals surface area (Å²) < 4.78 is 24.8. The van der Waals surface area contributed by atoms with E-state index in [0.29, 0.717) is 18.5 Å². The third kappa shape index (κ3) is 3.99. The molecule has 0 amide bonds. The summed E-state index contributed by atoms with van der Waals surface area (Å²) in [6.45, 7) is 3.72. The second-order valence-corrected chi connectivity index (χ2v) is 7.14. The fourth-order valence-electron chi connectivity index (χ4n) is 3.77. The van der Waals surface area contributed by atoms with Crippen LogP contribution >= 0.6 is 0 Å². The first-order valence-corrected chi connectivity index (χ1v) is 9.06. The molecule has 0 radical (unpaired) electrons. The molecule has 0 aromatic carbocycles. The monoisotopic (exact) mass is 358 g/mol. The minimum absolute atomic E-state index is 0.105. The summed E-state index contributed by atoms with van der Waals surface area (Å²) in [6.07, 6.45) is 9.14. The van der Waals surface area contributed by atoms with Gasteiger partial charge in [0, 0.05) is 25.6 Å². The normalized spacial score (nSPS) is 21.6. The first-order chi connectivity index (χ1) is 12.7. The smallest absolute Gasteiger partial charge is 0.225 e. The standard InChI is InChI=1S/C19H23FN4O2/c20-17-10-22-18(23-11-17)24-13-19(14-24)9-15(4-8-26-19)3-7-25-12-16-1-5-21-6-2-16/h1-2,5-6,10-11,15H,3-4,7-9,12-14H2/t15-/m1/s1. The molecule has 2 aromatic heterocycles. The molecule has 4 heterocycles. The third-order valence-corrected chi connectivity index (χ3v) is 5.13. The van der Waals surface area contributed by atoms with Crippen molar-refractivity contribution in [3.8, 4) is 0 Å². The predicted molar refractivity (Wildman–Crippen MR) is 94.1 cm³/mol. The van der Waals surface area contributed by atoms with Gasteiger partial charge in [-0.25, -0.2) is 14.4 Å². The summed E-state index contributed by atoms with van der Waals surface area (Å²) in [5.41, 5.74) is 1.04. The predicted octanol–water partition coefficient (Wildman–Crippen LogP) is 2.60. The topological polar surface area (TPSA) is 60.4 Å². The van der Waals surface area contributed by atoms with Gasteiger partial charge < -0.3 is 14.4 Å². The van der Waals surface area contributed by atoms with E-state index in [-0.39, 0.29) is 5.60 Å². The Morgan fingerprint density at radius 1 is 1.23 bits per heavy atom. The highest BCUT2D eigenvalue weighted by Gasteiger charge is 2.48. The molecule has 2 aliphatic rings. The number of anilines is 1. The Hall–Kier alpha value is -2.12. The van der Waals surface area contributed by atoms with Crippen LogP contribution in [0.3, 0.4) is 0 Å². The minimum Gasteiger partial charge on any atom is -0.377 e. The van der Waals surface area contributed by atoms with Crippen LogP contribution in [-0.4, -0.2) is 46.9 Å². The Balaban J connectivity index is 1.22. The van der Waals surface area contributed by atoms with Crippen LogP contribution in [0.1, 0.15) is 24.8 Å². The van der Waals surface area contributed by atoms with E-state index in [1.54, 1.807) is 12.4 Å². The Bertz CT molecular complexity index is 707. The SMILES string of the molecule is Fc1cnc(N2CC3(C[C@H](CCOCc4ccncc4)CCO3)C2)nc1. The van der Waals surface area contributed by atoms with Crippen molar-refractivity contribution < 1.29 is 13.9 Å². The number of hydrogen-bond donors (Lipinski definition) is 0. The van der Waals surface area contributed by atoms with Crippen LogP contribution in [0.2, 0.25) is 0 Å². The van der Waals surface area contributed by atoms with Crippen molar-refractivity contribution in [3.63, 3.8) is 0 Å². The molecule has 2 saturated heterocycles. The molecule has 2 aliphatic heterocycles. The van der Waals surface area contributed by atoms with Gasteiger partial charge in [-0.1, -0.05) is 0 Å². The highest BCUT2D eigenvalue weighted by Crippen LogP contribution is 2.39. The van der Waals surface area contributed by atoms with Gasteiger partial charge in [0.2, 0.25) is 5.95 Å². The van der Waals surface area contributed by atoms with Crippen molar-refractivity contribution >= 4 is 5.95 Å². The molecule has 2 fully saturated rings. The molecule has 6 nitrogen and oxygen atoms in total. The van der Waals surface area contributed by atoms with Gasteiger partial charge >= 0.3 is 0 Å². The maximum atomic E-state index is 12.9. The van der Waals surface area contributed by atoms with Gasteiger partial charge in [-0.15, -0.1) is 0 Å². The van der Waals surface area contributed by atoms with Crippen molar-refractivity contribution in [1.82, 2.24) is 15.0 Å². The van der Waals surface area contributed by atoms with E-state index in [1.165, 1.54) is 12.4 Å². The first-order valence-electron chi connectivity index (χ1n) is 9.06. The van der Waals surface area contributed by atoms with Crippen molar-refractivity contribution in [3.05, 3.63) is 48.3 Å². The lowest BCUT2D eigenvalue weighted by atomic mass is 9.79. The second kappa shape index (κ2) is 7.63. The molecule has 7 heteroatoms. The molecular weight excluding hydrogens is 335 g/mol. The van der Waals surface area contributed by atoms with Gasteiger partial charge in [0.05, 0.1) is 32.1 Å². The maximum Gasteiger partial charge on any atom is 0.225 e. The molecule has 2 aromatic rings. The fourth-order valence-corrected chi connectivity index (χ4v) is 3.77. The van der Waals surface area contributed by atoms with Crippen molar-refractivity contribution in [2.45, 2.75) is 31.5 Å². The summed E-state index contributed by atoms with van der Waals surface area (Å²) in [5, 5.41) is 0. The molecular formula is C19H23FN4O2. The van der Waals surface area contributed by atoms with E-state index < -0.39 is 5.82 Å². The minimum atomic E-state index is -0.412. The maximum absolute atomic E-state index is 12.9. The summed E-state index contributed by atoms with van der Waals surface area (Å²) in [6, 6.07) is 3.95. The molecule has 1 atom stereocenters. The van der Waals surface area contributed by atoms with Gasteiger partial charge in [0.25, 0.3) is 0 Å². The summed E-state index contributed by atoms with van der Waals surface area (Å²) >= 11 is 0. The van der Waals surface area contributed by atoms with Gasteiger partial charge in [-0.05, 0) is 42.9 Å². The Labute approximate surface area is 152 Å². The zero-order valence-electron chi connectivity index (χ0n) is 14.7. The molecule has 0 aliphatic carbocycles. The average Bonchev–Trinajstić information content (AvgIpc) is 2.65. The summed E-state index contributed by atoms with van der Waals surface area (Å²) in [4.78, 5) is 14.1. The lowest BCUT2D eigenvalue weighted by molar-refractivity contribution is -0.116. The fraction of sp³-hybridized carbons (Fsp3) is 0.526. The van der Waals surface area contributed by atoms with Crippen molar-refractivity contribution in [1.29, 1.82) is 0 Å². The molecule has 138 valence electrons. The van der Waals surface area contributed by atoms with E-state index >= 15 is 0 Å². The molecule has 4 rings (SSSR count). The van der Waals surface area contributed by atoms with Gasteiger partial charge in [0.15, 0.2) is 5.82 Å². The quantitative estimate of drug-likeness (QED) is 0.740. The summed E-state index contributed by atoms with van der Waals surface area (Å²) in [7, 11) is 0. The van der Waals surface area contributed by atoms with Gasteiger partial charge in [-0.2, -0.15) is 0 Å². The number of rotatable bonds is 6. The highest BCUT2D eigenvalue weighted by atomic mass is 19.1. The number of hydrogen-bond acceptors (Lipinski definition) is 6. The zero-order valence-corrected chi connectivity index (χ0v) is 14.7. The Kier molecular flexibility index (Phi) is 5.08. The van der Waals surface area contributed by atoms with Crippen molar-refractivity contribution in [2.75, 3.05) is 31.2 Å². The number of halogens is 1. The van der Waals surface area contributed by atoms with Crippen molar-refractivity contribution in [2.24, 2.45) is 5.92 Å². The number of nitrogens with zero attached hydrogens (tertiary/aromatic N) is 4. The van der Waals surface area contributed by atoms with Crippen LogP contribution in [0.25, 0.3) is 0 Å². The highest BCUT2D eigenvalue weighted by molar-refractivity contribution is 5.37. The number of ether oxygens (including phenoxy) is 2. The molecule has 0 bridgehead atoms. The lowest BCUT2D eigenvalue weighted by Crippen LogP contribution is -2.66. The Morgan fingerprint density at radius 2 is 2.00 bits per heavy atom. The van der Waals surface area contributed by atoms with Crippen LogP contribution in [0.15, 0.2) is 36.9 Å². The average molecular weight is 358 g/mol. The van der Waals surface area contributed by atoms with Crippen LogP contribution in [0, 0.1) is 11.7 Å². The van der Waals surface area contributed by atoms with Gasteiger partial charge in [-0.3, -0.25) is 4.98 Å². The molecule has 0 saturated carbocycles.